The highest BCUT2D eigenvalue weighted by Crippen LogP contribution is 2.30. The zero-order valence-corrected chi connectivity index (χ0v) is 19.5. The van der Waals surface area contributed by atoms with Crippen LogP contribution in [-0.4, -0.2) is 9.55 Å². The van der Waals surface area contributed by atoms with Gasteiger partial charge in [-0.25, -0.2) is 4.98 Å². The number of aryl methyl sites for hydroxylation is 1. The Kier molecular flexibility index (Phi) is 5.92. The molecule has 30 heavy (non-hydrogen) atoms. The van der Waals surface area contributed by atoms with Gasteiger partial charge in [-0.1, -0.05) is 39.7 Å². The van der Waals surface area contributed by atoms with Crippen LogP contribution in [0.2, 0.25) is 5.02 Å². The average Bonchev–Trinajstić information content (AvgIpc) is 3.32. The van der Waals surface area contributed by atoms with Crippen molar-refractivity contribution in [3.63, 3.8) is 0 Å². The molecule has 0 bridgehead atoms. The van der Waals surface area contributed by atoms with Crippen molar-refractivity contribution in [1.82, 2.24) is 9.55 Å². The lowest BCUT2D eigenvalue weighted by Gasteiger charge is -2.09. The third-order valence-electron chi connectivity index (χ3n) is 4.85. The third kappa shape index (κ3) is 4.13. The first-order valence-corrected chi connectivity index (χ1v) is 11.3. The molecule has 2 aromatic carbocycles. The molecule has 2 heterocycles. The minimum Gasteiger partial charge on any atom is -0.318 e. The summed E-state index contributed by atoms with van der Waals surface area (Å²) >= 11 is 10.9. The smallest absolute Gasteiger partial charge is 0.134 e. The standard InChI is InChI=1S/C24H17BrClN3S/c1-15-11-18(16(2)29(15)22-9-5-20(25)6-10-22)12-19(13-27)24-28-23(14-30-24)17-3-7-21(26)8-4-17/h3-12,14H,1-2H3/b19-12+. The van der Waals surface area contributed by atoms with Crippen LogP contribution in [0.1, 0.15) is 22.0 Å². The highest BCUT2D eigenvalue weighted by Gasteiger charge is 2.13. The van der Waals surface area contributed by atoms with Crippen LogP contribution in [-0.2, 0) is 0 Å². The van der Waals surface area contributed by atoms with E-state index in [9.17, 15) is 5.26 Å². The van der Waals surface area contributed by atoms with Crippen molar-refractivity contribution in [3.05, 3.63) is 91.4 Å². The van der Waals surface area contributed by atoms with Gasteiger partial charge in [0.25, 0.3) is 0 Å². The van der Waals surface area contributed by atoms with Gasteiger partial charge in [-0.2, -0.15) is 5.26 Å². The highest BCUT2D eigenvalue weighted by molar-refractivity contribution is 9.10. The molecule has 2 aromatic heterocycles. The average molecular weight is 495 g/mol. The summed E-state index contributed by atoms with van der Waals surface area (Å²) in [7, 11) is 0. The van der Waals surface area contributed by atoms with Crippen molar-refractivity contribution < 1.29 is 0 Å². The molecule has 0 radical (unpaired) electrons. The monoisotopic (exact) mass is 493 g/mol. The Morgan fingerprint density at radius 3 is 2.50 bits per heavy atom. The van der Waals surface area contributed by atoms with E-state index in [1.54, 1.807) is 0 Å². The largest absolute Gasteiger partial charge is 0.318 e. The Bertz CT molecular complexity index is 1280. The minimum absolute atomic E-state index is 0.552. The van der Waals surface area contributed by atoms with Gasteiger partial charge in [-0.05, 0) is 68.0 Å². The number of nitrogens with zero attached hydrogens (tertiary/aromatic N) is 3. The molecule has 0 spiro atoms. The van der Waals surface area contributed by atoms with Crippen molar-refractivity contribution in [1.29, 1.82) is 5.26 Å². The van der Waals surface area contributed by atoms with Crippen LogP contribution in [0.3, 0.4) is 0 Å². The van der Waals surface area contributed by atoms with Gasteiger partial charge in [0.15, 0.2) is 0 Å². The van der Waals surface area contributed by atoms with Crippen molar-refractivity contribution in [3.8, 4) is 23.0 Å². The normalized spacial score (nSPS) is 11.5. The Hall–Kier alpha value is -2.65. The number of benzene rings is 2. The third-order valence-corrected chi connectivity index (χ3v) is 6.51. The fourth-order valence-corrected chi connectivity index (χ4v) is 4.55. The predicted molar refractivity (Wildman–Crippen MR) is 129 cm³/mol. The Balaban J connectivity index is 1.70. The van der Waals surface area contributed by atoms with Gasteiger partial charge in [-0.15, -0.1) is 11.3 Å². The lowest BCUT2D eigenvalue weighted by molar-refractivity contribution is 0.964. The van der Waals surface area contributed by atoms with Gasteiger partial charge in [0.2, 0.25) is 0 Å². The van der Waals surface area contributed by atoms with E-state index >= 15 is 0 Å². The van der Waals surface area contributed by atoms with E-state index in [0.29, 0.717) is 15.6 Å². The van der Waals surface area contributed by atoms with E-state index in [1.165, 1.54) is 11.3 Å². The van der Waals surface area contributed by atoms with Crippen LogP contribution >= 0.6 is 38.9 Å². The van der Waals surface area contributed by atoms with Crippen molar-refractivity contribution in [2.75, 3.05) is 0 Å². The van der Waals surface area contributed by atoms with E-state index in [2.05, 4.69) is 63.6 Å². The molecule has 0 unspecified atom stereocenters. The number of hydrogen-bond donors (Lipinski definition) is 0. The van der Waals surface area contributed by atoms with E-state index < -0.39 is 0 Å². The molecule has 0 amide bonds. The zero-order chi connectivity index (χ0) is 21.3. The lowest BCUT2D eigenvalue weighted by atomic mass is 10.1. The van der Waals surface area contributed by atoms with Crippen LogP contribution in [0.5, 0.6) is 0 Å². The molecular weight excluding hydrogens is 478 g/mol. The lowest BCUT2D eigenvalue weighted by Crippen LogP contribution is -1.98. The van der Waals surface area contributed by atoms with Crippen LogP contribution < -0.4 is 0 Å². The van der Waals surface area contributed by atoms with Crippen molar-refractivity contribution >= 4 is 50.5 Å². The number of hydrogen-bond acceptors (Lipinski definition) is 3. The van der Waals surface area contributed by atoms with Crippen LogP contribution in [0.4, 0.5) is 0 Å². The summed E-state index contributed by atoms with van der Waals surface area (Å²) in [4.78, 5) is 4.68. The predicted octanol–water partition coefficient (Wildman–Crippen LogP) is 7.70. The molecule has 148 valence electrons. The van der Waals surface area contributed by atoms with Crippen LogP contribution in [0, 0.1) is 25.2 Å². The maximum atomic E-state index is 9.79. The molecule has 0 saturated carbocycles. The maximum absolute atomic E-state index is 9.79. The first-order chi connectivity index (χ1) is 14.5. The Morgan fingerprint density at radius 2 is 1.83 bits per heavy atom. The first-order valence-electron chi connectivity index (χ1n) is 9.25. The summed E-state index contributed by atoms with van der Waals surface area (Å²) in [5.41, 5.74) is 6.66. The summed E-state index contributed by atoms with van der Waals surface area (Å²) in [6.45, 7) is 4.14. The molecule has 0 atom stereocenters. The maximum Gasteiger partial charge on any atom is 0.134 e. The molecule has 0 aliphatic rings. The number of aromatic nitrogens is 2. The minimum atomic E-state index is 0.552. The molecule has 0 saturated heterocycles. The molecule has 0 N–H and O–H groups in total. The summed E-state index contributed by atoms with van der Waals surface area (Å²) < 4.78 is 3.23. The summed E-state index contributed by atoms with van der Waals surface area (Å²) in [5.74, 6) is 0. The molecule has 3 nitrogen and oxygen atoms in total. The van der Waals surface area contributed by atoms with E-state index in [0.717, 1.165) is 38.4 Å². The van der Waals surface area contributed by atoms with Crippen LogP contribution in [0.15, 0.2) is 64.5 Å². The topological polar surface area (TPSA) is 41.6 Å². The summed E-state index contributed by atoms with van der Waals surface area (Å²) in [6, 6.07) is 20.2. The van der Waals surface area contributed by atoms with Crippen LogP contribution in [0.25, 0.3) is 28.6 Å². The SMILES string of the molecule is Cc1cc(/C=C(\C#N)c2nc(-c3ccc(Cl)cc3)cs2)c(C)n1-c1ccc(Br)cc1. The van der Waals surface area contributed by atoms with Gasteiger partial charge < -0.3 is 4.57 Å². The van der Waals surface area contributed by atoms with Gasteiger partial charge in [0, 0.05) is 37.5 Å². The first kappa shape index (κ1) is 20.6. The second-order valence-electron chi connectivity index (χ2n) is 6.85. The van der Waals surface area contributed by atoms with E-state index in [-0.39, 0.29) is 0 Å². The van der Waals surface area contributed by atoms with Crippen molar-refractivity contribution in [2.24, 2.45) is 0 Å². The van der Waals surface area contributed by atoms with Crippen molar-refractivity contribution in [2.45, 2.75) is 13.8 Å². The number of nitriles is 1. The quantitative estimate of drug-likeness (QED) is 0.273. The number of allylic oxidation sites excluding steroid dienone is 1. The van der Waals surface area contributed by atoms with Gasteiger partial charge in [0.05, 0.1) is 11.3 Å². The molecule has 6 heteroatoms. The number of rotatable bonds is 4. The van der Waals surface area contributed by atoms with E-state index in [4.69, 9.17) is 11.6 Å². The van der Waals surface area contributed by atoms with Gasteiger partial charge in [0.1, 0.15) is 11.1 Å². The second-order valence-corrected chi connectivity index (χ2v) is 9.06. The Labute approximate surface area is 193 Å². The number of thiazole rings is 1. The molecule has 4 rings (SSSR count). The van der Waals surface area contributed by atoms with Gasteiger partial charge >= 0.3 is 0 Å². The number of halogens is 2. The highest BCUT2D eigenvalue weighted by atomic mass is 79.9. The zero-order valence-electron chi connectivity index (χ0n) is 16.4. The van der Waals surface area contributed by atoms with E-state index in [1.807, 2.05) is 47.9 Å². The van der Waals surface area contributed by atoms with Gasteiger partial charge in [-0.3, -0.25) is 0 Å². The second kappa shape index (κ2) is 8.61. The summed E-state index contributed by atoms with van der Waals surface area (Å²) in [5, 5.41) is 13.2. The molecule has 0 aliphatic heterocycles. The molecular formula is C24H17BrClN3S. The summed E-state index contributed by atoms with van der Waals surface area (Å²) in [6.07, 6.45) is 1.92. The molecule has 0 aliphatic carbocycles. The fourth-order valence-electron chi connectivity index (χ4n) is 3.37. The molecule has 0 fully saturated rings. The molecule has 4 aromatic rings. The fraction of sp³-hybridized carbons (Fsp3) is 0.0833. The Morgan fingerprint density at radius 1 is 1.13 bits per heavy atom.